The van der Waals surface area contributed by atoms with Crippen molar-refractivity contribution in [1.29, 1.82) is 0 Å². The molecular weight excluding hydrogens is 294 g/mol. The van der Waals surface area contributed by atoms with Gasteiger partial charge in [-0.05, 0) is 32.8 Å². The van der Waals surface area contributed by atoms with E-state index in [1.165, 1.54) is 0 Å². The SMILES string of the molecule is Cc1cc(N2CCC[C@H](OC(=O)C3=CCOCC3)C2)nc(C)n1. The lowest BCUT2D eigenvalue weighted by Crippen LogP contribution is -2.41. The highest BCUT2D eigenvalue weighted by molar-refractivity contribution is 5.88. The Morgan fingerprint density at radius 1 is 1.39 bits per heavy atom. The van der Waals surface area contributed by atoms with E-state index in [1.54, 1.807) is 0 Å². The van der Waals surface area contributed by atoms with Crippen molar-refractivity contribution in [2.75, 3.05) is 31.2 Å². The van der Waals surface area contributed by atoms with Gasteiger partial charge in [0.15, 0.2) is 0 Å². The summed E-state index contributed by atoms with van der Waals surface area (Å²) in [5.41, 5.74) is 1.70. The zero-order valence-electron chi connectivity index (χ0n) is 13.7. The van der Waals surface area contributed by atoms with E-state index in [0.717, 1.165) is 42.3 Å². The number of hydrogen-bond donors (Lipinski definition) is 0. The Balaban J connectivity index is 1.63. The van der Waals surface area contributed by atoms with Gasteiger partial charge in [-0.3, -0.25) is 0 Å². The number of ether oxygens (including phenoxy) is 2. The van der Waals surface area contributed by atoms with Crippen LogP contribution < -0.4 is 4.90 Å². The molecule has 0 aromatic carbocycles. The smallest absolute Gasteiger partial charge is 0.334 e. The summed E-state index contributed by atoms with van der Waals surface area (Å²) in [7, 11) is 0. The minimum absolute atomic E-state index is 0.0874. The normalized spacial score (nSPS) is 21.7. The summed E-state index contributed by atoms with van der Waals surface area (Å²) >= 11 is 0. The van der Waals surface area contributed by atoms with Crippen molar-refractivity contribution in [2.45, 2.75) is 39.2 Å². The largest absolute Gasteiger partial charge is 0.457 e. The molecule has 1 aromatic heterocycles. The maximum absolute atomic E-state index is 12.2. The molecule has 1 fully saturated rings. The van der Waals surface area contributed by atoms with Crippen LogP contribution in [-0.4, -0.2) is 48.3 Å². The van der Waals surface area contributed by atoms with E-state index < -0.39 is 0 Å². The van der Waals surface area contributed by atoms with Crippen molar-refractivity contribution in [2.24, 2.45) is 0 Å². The number of piperidine rings is 1. The van der Waals surface area contributed by atoms with E-state index in [-0.39, 0.29) is 12.1 Å². The Hall–Kier alpha value is -1.95. The average Bonchev–Trinajstić information content (AvgIpc) is 2.55. The van der Waals surface area contributed by atoms with Crippen LogP contribution in [0, 0.1) is 13.8 Å². The molecule has 0 N–H and O–H groups in total. The van der Waals surface area contributed by atoms with Gasteiger partial charge in [0.05, 0.1) is 19.8 Å². The summed E-state index contributed by atoms with van der Waals surface area (Å²) in [6, 6.07) is 1.98. The first-order chi connectivity index (χ1) is 11.1. The van der Waals surface area contributed by atoms with Gasteiger partial charge in [0.1, 0.15) is 17.7 Å². The van der Waals surface area contributed by atoms with Gasteiger partial charge in [0, 0.05) is 30.3 Å². The van der Waals surface area contributed by atoms with E-state index in [9.17, 15) is 4.79 Å². The predicted octanol–water partition coefficient (Wildman–Crippen LogP) is 1.95. The Labute approximate surface area is 136 Å². The lowest BCUT2D eigenvalue weighted by Gasteiger charge is -2.33. The van der Waals surface area contributed by atoms with Crippen LogP contribution in [0.1, 0.15) is 30.8 Å². The van der Waals surface area contributed by atoms with Gasteiger partial charge in [0.25, 0.3) is 0 Å². The van der Waals surface area contributed by atoms with Crippen molar-refractivity contribution in [1.82, 2.24) is 9.97 Å². The van der Waals surface area contributed by atoms with Gasteiger partial charge < -0.3 is 14.4 Å². The first kappa shape index (κ1) is 15.9. The Bertz CT molecular complexity index is 595. The number of aryl methyl sites for hydroxylation is 2. The second kappa shape index (κ2) is 7.08. The molecule has 124 valence electrons. The van der Waals surface area contributed by atoms with Gasteiger partial charge >= 0.3 is 5.97 Å². The van der Waals surface area contributed by atoms with Gasteiger partial charge in [-0.1, -0.05) is 0 Å². The summed E-state index contributed by atoms with van der Waals surface area (Å²) < 4.78 is 10.9. The monoisotopic (exact) mass is 317 g/mol. The van der Waals surface area contributed by atoms with Crippen LogP contribution in [0.2, 0.25) is 0 Å². The molecule has 0 amide bonds. The molecule has 3 rings (SSSR count). The van der Waals surface area contributed by atoms with Crippen molar-refractivity contribution >= 4 is 11.8 Å². The number of aromatic nitrogens is 2. The highest BCUT2D eigenvalue weighted by atomic mass is 16.5. The summed E-state index contributed by atoms with van der Waals surface area (Å²) in [6.07, 6.45) is 4.26. The summed E-state index contributed by atoms with van der Waals surface area (Å²) in [5.74, 6) is 1.49. The topological polar surface area (TPSA) is 64.5 Å². The zero-order chi connectivity index (χ0) is 16.2. The Morgan fingerprint density at radius 3 is 3.00 bits per heavy atom. The quantitative estimate of drug-likeness (QED) is 0.794. The fraction of sp³-hybridized carbons (Fsp3) is 0.588. The second-order valence-corrected chi connectivity index (χ2v) is 6.08. The van der Waals surface area contributed by atoms with Crippen molar-refractivity contribution in [3.05, 3.63) is 29.2 Å². The molecule has 2 aliphatic heterocycles. The number of rotatable bonds is 3. The van der Waals surface area contributed by atoms with Crippen molar-refractivity contribution < 1.29 is 14.3 Å². The van der Waals surface area contributed by atoms with Crippen LogP contribution in [0.3, 0.4) is 0 Å². The van der Waals surface area contributed by atoms with Gasteiger partial charge in [-0.25, -0.2) is 14.8 Å². The lowest BCUT2D eigenvalue weighted by atomic mass is 10.1. The number of esters is 1. The minimum Gasteiger partial charge on any atom is -0.457 e. The highest BCUT2D eigenvalue weighted by Gasteiger charge is 2.26. The number of carbonyl (C=O) groups excluding carboxylic acids is 1. The standard InChI is InChI=1S/C17H23N3O3/c1-12-10-16(19-13(2)18-12)20-7-3-4-15(11-20)23-17(21)14-5-8-22-9-6-14/h5,10,15H,3-4,6-9,11H2,1-2H3/t15-/m0/s1. The third kappa shape index (κ3) is 4.07. The summed E-state index contributed by atoms with van der Waals surface area (Å²) in [4.78, 5) is 23.2. The minimum atomic E-state index is -0.199. The fourth-order valence-corrected chi connectivity index (χ4v) is 3.04. The molecule has 0 unspecified atom stereocenters. The zero-order valence-corrected chi connectivity index (χ0v) is 13.7. The molecule has 1 atom stereocenters. The van der Waals surface area contributed by atoms with E-state index in [1.807, 2.05) is 26.0 Å². The Morgan fingerprint density at radius 2 is 2.26 bits per heavy atom. The molecule has 1 aromatic rings. The highest BCUT2D eigenvalue weighted by Crippen LogP contribution is 2.21. The molecule has 0 bridgehead atoms. The van der Waals surface area contributed by atoms with Crippen LogP contribution in [0.15, 0.2) is 17.7 Å². The second-order valence-electron chi connectivity index (χ2n) is 6.08. The molecule has 0 radical (unpaired) electrons. The van der Waals surface area contributed by atoms with E-state index in [0.29, 0.717) is 26.2 Å². The van der Waals surface area contributed by atoms with E-state index in [4.69, 9.17) is 9.47 Å². The molecule has 23 heavy (non-hydrogen) atoms. The maximum Gasteiger partial charge on any atom is 0.334 e. The molecule has 6 nitrogen and oxygen atoms in total. The van der Waals surface area contributed by atoms with E-state index >= 15 is 0 Å². The van der Waals surface area contributed by atoms with Crippen molar-refractivity contribution in [3.63, 3.8) is 0 Å². The molecule has 0 spiro atoms. The summed E-state index contributed by atoms with van der Waals surface area (Å²) in [6.45, 7) is 6.58. The third-order valence-electron chi connectivity index (χ3n) is 4.15. The maximum atomic E-state index is 12.2. The van der Waals surface area contributed by atoms with Crippen LogP contribution >= 0.6 is 0 Å². The van der Waals surface area contributed by atoms with Crippen LogP contribution in [0.5, 0.6) is 0 Å². The molecule has 1 saturated heterocycles. The molecule has 0 saturated carbocycles. The number of nitrogens with zero attached hydrogens (tertiary/aromatic N) is 3. The lowest BCUT2D eigenvalue weighted by molar-refractivity contribution is -0.145. The third-order valence-corrected chi connectivity index (χ3v) is 4.15. The fourth-order valence-electron chi connectivity index (χ4n) is 3.04. The number of carbonyl (C=O) groups is 1. The van der Waals surface area contributed by atoms with Gasteiger partial charge in [0.2, 0.25) is 0 Å². The van der Waals surface area contributed by atoms with Crippen LogP contribution in [0.4, 0.5) is 5.82 Å². The molecule has 6 heteroatoms. The van der Waals surface area contributed by atoms with Crippen LogP contribution in [0.25, 0.3) is 0 Å². The Kier molecular flexibility index (Phi) is 4.91. The first-order valence-electron chi connectivity index (χ1n) is 8.17. The number of hydrogen-bond acceptors (Lipinski definition) is 6. The number of anilines is 1. The van der Waals surface area contributed by atoms with Crippen molar-refractivity contribution in [3.8, 4) is 0 Å². The van der Waals surface area contributed by atoms with Gasteiger partial charge in [-0.2, -0.15) is 0 Å². The van der Waals surface area contributed by atoms with Gasteiger partial charge in [-0.15, -0.1) is 0 Å². The molecule has 0 aliphatic carbocycles. The average molecular weight is 317 g/mol. The predicted molar refractivity (Wildman–Crippen MR) is 86.4 cm³/mol. The first-order valence-corrected chi connectivity index (χ1v) is 8.17. The summed E-state index contributed by atoms with van der Waals surface area (Å²) in [5, 5.41) is 0. The molecule has 2 aliphatic rings. The molecule has 3 heterocycles. The van der Waals surface area contributed by atoms with E-state index in [2.05, 4.69) is 14.9 Å². The molecular formula is C17H23N3O3. The van der Waals surface area contributed by atoms with Crippen LogP contribution in [-0.2, 0) is 14.3 Å².